The first-order valence-electron chi connectivity index (χ1n) is 4.84. The molecular formula is C10H13F3N2O2. The van der Waals surface area contributed by atoms with Crippen LogP contribution in [0.25, 0.3) is 0 Å². The molecule has 4 nitrogen and oxygen atoms in total. The number of carbonyl (C=O) groups excluding carboxylic acids is 1. The second kappa shape index (κ2) is 4.40. The first-order valence-corrected chi connectivity index (χ1v) is 4.84. The highest BCUT2D eigenvalue weighted by atomic mass is 19.4. The quantitative estimate of drug-likeness (QED) is 0.859. The van der Waals surface area contributed by atoms with E-state index in [9.17, 15) is 18.0 Å². The van der Waals surface area contributed by atoms with Gasteiger partial charge in [-0.25, -0.2) is 0 Å². The molecule has 1 rings (SSSR count). The van der Waals surface area contributed by atoms with Gasteiger partial charge in [-0.3, -0.25) is 4.79 Å². The molecular weight excluding hydrogens is 237 g/mol. The van der Waals surface area contributed by atoms with Crippen LogP contribution in [0.3, 0.4) is 0 Å². The van der Waals surface area contributed by atoms with Crippen molar-refractivity contribution in [2.75, 3.05) is 6.54 Å². The van der Waals surface area contributed by atoms with Crippen LogP contribution in [0, 0.1) is 0 Å². The van der Waals surface area contributed by atoms with Gasteiger partial charge in [-0.1, -0.05) is 0 Å². The topological polar surface area (TPSA) is 68.3 Å². The van der Waals surface area contributed by atoms with Crippen molar-refractivity contribution in [3.8, 4) is 0 Å². The lowest BCUT2D eigenvalue weighted by Crippen LogP contribution is -2.45. The molecule has 7 heteroatoms. The highest BCUT2D eigenvalue weighted by molar-refractivity contribution is 5.91. The summed E-state index contributed by atoms with van der Waals surface area (Å²) in [4.78, 5) is 11.4. The Morgan fingerprint density at radius 1 is 1.41 bits per heavy atom. The van der Waals surface area contributed by atoms with Crippen molar-refractivity contribution in [2.24, 2.45) is 5.73 Å². The number of hydrogen-bond acceptors (Lipinski definition) is 3. The van der Waals surface area contributed by atoms with Gasteiger partial charge in [0.1, 0.15) is 0 Å². The normalized spacial score (nSPS) is 12.6. The van der Waals surface area contributed by atoms with Gasteiger partial charge in [0.05, 0.1) is 0 Å². The second-order valence-electron chi connectivity index (χ2n) is 4.33. The molecule has 96 valence electrons. The van der Waals surface area contributed by atoms with E-state index in [0.717, 1.165) is 6.07 Å². The average Bonchev–Trinajstić information content (AvgIpc) is 2.60. The number of hydrogen-bond donors (Lipinski definition) is 2. The summed E-state index contributed by atoms with van der Waals surface area (Å²) >= 11 is 0. The fourth-order valence-electron chi connectivity index (χ4n) is 1.01. The van der Waals surface area contributed by atoms with E-state index in [1.807, 2.05) is 0 Å². The third kappa shape index (κ3) is 4.10. The fraction of sp³-hybridized carbons (Fsp3) is 0.500. The molecule has 3 N–H and O–H groups in total. The van der Waals surface area contributed by atoms with Gasteiger partial charge in [-0.15, -0.1) is 0 Å². The van der Waals surface area contributed by atoms with Crippen LogP contribution in [-0.4, -0.2) is 18.0 Å². The van der Waals surface area contributed by atoms with Gasteiger partial charge in [0, 0.05) is 12.1 Å². The van der Waals surface area contributed by atoms with Crippen LogP contribution in [0.5, 0.6) is 0 Å². The largest absolute Gasteiger partial charge is 0.449 e. The summed E-state index contributed by atoms with van der Waals surface area (Å²) in [5.74, 6) is -2.31. The van der Waals surface area contributed by atoms with E-state index in [0.29, 0.717) is 6.07 Å². The standard InChI is InChI=1S/C10H13F3N2O2/c1-9(2,14)5-15-8(16)6-3-4-7(17-6)10(11,12)13/h3-4H,5,14H2,1-2H3,(H,15,16). The maximum absolute atomic E-state index is 12.2. The van der Waals surface area contributed by atoms with Gasteiger partial charge in [0.2, 0.25) is 5.76 Å². The first kappa shape index (κ1) is 13.6. The molecule has 0 fully saturated rings. The van der Waals surface area contributed by atoms with Gasteiger partial charge in [-0.2, -0.15) is 13.2 Å². The number of alkyl halides is 3. The zero-order valence-electron chi connectivity index (χ0n) is 9.39. The first-order chi connectivity index (χ1) is 7.59. The monoisotopic (exact) mass is 250 g/mol. The van der Waals surface area contributed by atoms with Crippen molar-refractivity contribution in [3.05, 3.63) is 23.7 Å². The molecule has 0 atom stereocenters. The van der Waals surface area contributed by atoms with Crippen LogP contribution in [0.4, 0.5) is 13.2 Å². The van der Waals surface area contributed by atoms with Gasteiger partial charge in [-0.05, 0) is 26.0 Å². The zero-order chi connectivity index (χ0) is 13.3. The lowest BCUT2D eigenvalue weighted by molar-refractivity contribution is -0.153. The van der Waals surface area contributed by atoms with Gasteiger partial charge < -0.3 is 15.5 Å². The summed E-state index contributed by atoms with van der Waals surface area (Å²) in [5.41, 5.74) is 4.97. The van der Waals surface area contributed by atoms with Crippen molar-refractivity contribution in [1.29, 1.82) is 0 Å². The maximum Gasteiger partial charge on any atom is 0.449 e. The van der Waals surface area contributed by atoms with Crippen LogP contribution in [-0.2, 0) is 6.18 Å². The summed E-state index contributed by atoms with van der Waals surface area (Å²) in [7, 11) is 0. The summed E-state index contributed by atoms with van der Waals surface area (Å²) in [6.45, 7) is 3.49. The Bertz CT molecular complexity index is 404. The van der Waals surface area contributed by atoms with Gasteiger partial charge in [0.25, 0.3) is 5.91 Å². The van der Waals surface area contributed by atoms with Crippen molar-refractivity contribution in [3.63, 3.8) is 0 Å². The molecule has 17 heavy (non-hydrogen) atoms. The van der Waals surface area contributed by atoms with Gasteiger partial charge in [0.15, 0.2) is 5.76 Å². The number of nitrogens with two attached hydrogens (primary N) is 1. The molecule has 0 saturated heterocycles. The molecule has 1 aromatic rings. The molecule has 0 radical (unpaired) electrons. The minimum absolute atomic E-state index is 0.133. The minimum atomic E-state index is -4.59. The van der Waals surface area contributed by atoms with Crippen molar-refractivity contribution in [2.45, 2.75) is 25.6 Å². The van der Waals surface area contributed by atoms with Crippen LogP contribution in [0.15, 0.2) is 16.5 Å². The summed E-state index contributed by atoms with van der Waals surface area (Å²) in [6.07, 6.45) is -4.59. The number of halogens is 3. The Morgan fingerprint density at radius 3 is 2.41 bits per heavy atom. The molecule has 0 spiro atoms. The second-order valence-corrected chi connectivity index (χ2v) is 4.33. The highest BCUT2D eigenvalue weighted by Gasteiger charge is 2.35. The minimum Gasteiger partial charge on any atom is -0.446 e. The fourth-order valence-corrected chi connectivity index (χ4v) is 1.01. The number of furan rings is 1. The Morgan fingerprint density at radius 2 is 2.00 bits per heavy atom. The van der Waals surface area contributed by atoms with E-state index >= 15 is 0 Å². The molecule has 0 aliphatic carbocycles. The van der Waals surface area contributed by atoms with Crippen LogP contribution in [0.1, 0.15) is 30.2 Å². The molecule has 1 aromatic heterocycles. The number of nitrogens with one attached hydrogen (secondary N) is 1. The molecule has 0 unspecified atom stereocenters. The zero-order valence-corrected chi connectivity index (χ0v) is 9.39. The Labute approximate surface area is 96.0 Å². The van der Waals surface area contributed by atoms with Crippen molar-refractivity contribution in [1.82, 2.24) is 5.32 Å². The third-order valence-corrected chi connectivity index (χ3v) is 1.81. The number of carbonyl (C=O) groups is 1. The van der Waals surface area contributed by atoms with E-state index in [2.05, 4.69) is 9.73 Å². The Balaban J connectivity index is 2.68. The molecule has 0 bridgehead atoms. The van der Waals surface area contributed by atoms with E-state index in [1.165, 1.54) is 0 Å². The lowest BCUT2D eigenvalue weighted by Gasteiger charge is -2.18. The lowest BCUT2D eigenvalue weighted by atomic mass is 10.1. The Hall–Kier alpha value is -1.50. The average molecular weight is 250 g/mol. The van der Waals surface area contributed by atoms with E-state index in [4.69, 9.17) is 5.73 Å². The molecule has 0 aliphatic heterocycles. The van der Waals surface area contributed by atoms with Crippen LogP contribution >= 0.6 is 0 Å². The maximum atomic E-state index is 12.2. The highest BCUT2D eigenvalue weighted by Crippen LogP contribution is 2.30. The predicted molar refractivity (Wildman–Crippen MR) is 54.3 cm³/mol. The predicted octanol–water partition coefficient (Wildman–Crippen LogP) is 1.77. The Kier molecular flexibility index (Phi) is 3.51. The van der Waals surface area contributed by atoms with E-state index in [1.54, 1.807) is 13.8 Å². The SMILES string of the molecule is CC(C)(N)CNC(=O)c1ccc(C(F)(F)F)o1. The smallest absolute Gasteiger partial charge is 0.446 e. The van der Waals surface area contributed by atoms with Crippen molar-refractivity contribution < 1.29 is 22.4 Å². The number of amides is 1. The van der Waals surface area contributed by atoms with Gasteiger partial charge >= 0.3 is 6.18 Å². The molecule has 0 aliphatic rings. The molecule has 1 heterocycles. The van der Waals surface area contributed by atoms with E-state index < -0.39 is 23.4 Å². The molecule has 0 aromatic carbocycles. The summed E-state index contributed by atoms with van der Waals surface area (Å²) in [6, 6.07) is 1.68. The van der Waals surface area contributed by atoms with Crippen LogP contribution < -0.4 is 11.1 Å². The summed E-state index contributed by atoms with van der Waals surface area (Å²) < 4.78 is 41.0. The number of rotatable bonds is 3. The van der Waals surface area contributed by atoms with Crippen LogP contribution in [0.2, 0.25) is 0 Å². The van der Waals surface area contributed by atoms with Crippen molar-refractivity contribution >= 4 is 5.91 Å². The third-order valence-electron chi connectivity index (χ3n) is 1.81. The van der Waals surface area contributed by atoms with E-state index in [-0.39, 0.29) is 12.3 Å². The molecule has 0 saturated carbocycles. The molecule has 1 amide bonds. The summed E-state index contributed by atoms with van der Waals surface area (Å²) in [5, 5.41) is 2.38.